The molecule has 2 aromatic carbocycles. The molecule has 1 saturated carbocycles. The lowest BCUT2D eigenvalue weighted by molar-refractivity contribution is -0.131. The Morgan fingerprint density at radius 2 is 1.91 bits per heavy atom. The Kier molecular flexibility index (Phi) is 5.40. The van der Waals surface area contributed by atoms with Gasteiger partial charge in [-0.05, 0) is 60.6 Å². The van der Waals surface area contributed by atoms with Gasteiger partial charge in [0, 0.05) is 37.0 Å². The molecule has 6 rings (SSSR count). The third kappa shape index (κ3) is 4.23. The number of H-pyrrole nitrogens is 1. The van der Waals surface area contributed by atoms with Crippen LogP contribution >= 0.6 is 11.6 Å². The van der Waals surface area contributed by atoms with Gasteiger partial charge in [0.05, 0.1) is 16.2 Å². The second-order valence-electron chi connectivity index (χ2n) is 9.42. The maximum atomic E-state index is 15.3. The zero-order valence-electron chi connectivity index (χ0n) is 18.9. The van der Waals surface area contributed by atoms with Crippen LogP contribution in [0.25, 0.3) is 27.7 Å². The van der Waals surface area contributed by atoms with Crippen molar-refractivity contribution in [2.75, 3.05) is 13.1 Å². The van der Waals surface area contributed by atoms with E-state index in [1.807, 2.05) is 29.2 Å². The summed E-state index contributed by atoms with van der Waals surface area (Å²) < 4.78 is 16.6. The minimum Gasteiger partial charge on any atom is -0.342 e. The Balaban J connectivity index is 1.26. The van der Waals surface area contributed by atoms with E-state index in [2.05, 4.69) is 15.2 Å². The van der Waals surface area contributed by atoms with Crippen molar-refractivity contribution in [1.29, 1.82) is 0 Å². The number of aromatic nitrogens is 4. The van der Waals surface area contributed by atoms with Gasteiger partial charge in [-0.3, -0.25) is 9.78 Å². The predicted octanol–water partition coefficient (Wildman–Crippen LogP) is 4.37. The van der Waals surface area contributed by atoms with Crippen LogP contribution in [0.15, 0.2) is 53.5 Å². The van der Waals surface area contributed by atoms with Gasteiger partial charge in [-0.25, -0.2) is 18.9 Å². The van der Waals surface area contributed by atoms with Crippen LogP contribution in [0, 0.1) is 17.7 Å². The fraction of sp³-hybridized carbons (Fsp3) is 0.308. The summed E-state index contributed by atoms with van der Waals surface area (Å²) in [4.78, 5) is 31.2. The number of fused-ring (bicyclic) bond motifs is 1. The Bertz CT molecular complexity index is 1510. The van der Waals surface area contributed by atoms with Gasteiger partial charge in [-0.15, -0.1) is 0 Å². The number of halogens is 2. The van der Waals surface area contributed by atoms with E-state index in [-0.39, 0.29) is 23.4 Å². The summed E-state index contributed by atoms with van der Waals surface area (Å²) in [6.45, 7) is 1.38. The number of carbonyl (C=O) groups excluding carboxylic acids is 1. The molecule has 1 N–H and O–H groups in total. The highest BCUT2D eigenvalue weighted by Gasteiger charge is 2.37. The van der Waals surface area contributed by atoms with Crippen LogP contribution in [0.3, 0.4) is 0 Å². The van der Waals surface area contributed by atoms with Crippen LogP contribution in [0.1, 0.15) is 25.1 Å². The van der Waals surface area contributed by atoms with E-state index >= 15 is 4.39 Å². The standard InChI is InChI=1S/C26H23ClFN5O2/c27-20-10-19-4-3-18(12-22(19)29-13-20)17-5-6-23(21(28)11-17)33-24(30-31-26(33)35)9-15-7-8-32(14-15)25(34)16-1-2-16/h3-6,10-13,15-16H,1-2,7-9,14H2,(H,31,35). The minimum absolute atomic E-state index is 0.150. The van der Waals surface area contributed by atoms with Crippen molar-refractivity contribution in [2.45, 2.75) is 25.7 Å². The summed E-state index contributed by atoms with van der Waals surface area (Å²) in [5, 5.41) is 8.09. The molecule has 1 atom stereocenters. The number of carbonyl (C=O) groups is 1. The van der Waals surface area contributed by atoms with Crippen LogP contribution in [0.5, 0.6) is 0 Å². The van der Waals surface area contributed by atoms with E-state index < -0.39 is 11.5 Å². The van der Waals surface area contributed by atoms with Gasteiger partial charge in [-0.1, -0.05) is 29.8 Å². The maximum absolute atomic E-state index is 15.3. The molecule has 1 unspecified atom stereocenters. The number of nitrogens with one attached hydrogen (secondary N) is 1. The average molecular weight is 492 g/mol. The highest BCUT2D eigenvalue weighted by atomic mass is 35.5. The molecule has 2 aromatic heterocycles. The monoisotopic (exact) mass is 491 g/mol. The summed E-state index contributed by atoms with van der Waals surface area (Å²) in [7, 11) is 0. The predicted molar refractivity (Wildman–Crippen MR) is 131 cm³/mol. The van der Waals surface area contributed by atoms with Crippen molar-refractivity contribution >= 4 is 28.4 Å². The molecule has 9 heteroatoms. The van der Waals surface area contributed by atoms with Gasteiger partial charge >= 0.3 is 5.69 Å². The fourth-order valence-corrected chi connectivity index (χ4v) is 5.07. The van der Waals surface area contributed by atoms with Crippen LogP contribution in [0.2, 0.25) is 5.02 Å². The number of benzene rings is 2. The SMILES string of the molecule is O=C(C1CC1)N1CCC(Cc2n[nH]c(=O)n2-c2ccc(-c3ccc4cc(Cl)cnc4c3)cc2F)C1. The van der Waals surface area contributed by atoms with Gasteiger partial charge in [0.15, 0.2) is 0 Å². The molecular weight excluding hydrogens is 469 g/mol. The number of nitrogens with zero attached hydrogens (tertiary/aromatic N) is 4. The molecule has 1 saturated heterocycles. The smallest absolute Gasteiger partial charge is 0.342 e. The first kappa shape index (κ1) is 22.0. The maximum Gasteiger partial charge on any atom is 0.348 e. The lowest BCUT2D eigenvalue weighted by Crippen LogP contribution is -2.30. The summed E-state index contributed by atoms with van der Waals surface area (Å²) >= 11 is 6.01. The Hall–Kier alpha value is -3.52. The highest BCUT2D eigenvalue weighted by Crippen LogP contribution is 2.33. The summed E-state index contributed by atoms with van der Waals surface area (Å²) in [5.41, 5.74) is 1.91. The molecule has 4 aromatic rings. The molecule has 35 heavy (non-hydrogen) atoms. The van der Waals surface area contributed by atoms with Crippen LogP contribution < -0.4 is 5.69 Å². The van der Waals surface area contributed by atoms with E-state index in [1.54, 1.807) is 18.3 Å². The Labute approximate surface area is 205 Å². The highest BCUT2D eigenvalue weighted by molar-refractivity contribution is 6.31. The molecule has 1 aliphatic heterocycles. The van der Waals surface area contributed by atoms with Crippen LogP contribution in [0.4, 0.5) is 4.39 Å². The number of aromatic amines is 1. The van der Waals surface area contributed by atoms with Crippen LogP contribution in [-0.2, 0) is 11.2 Å². The molecule has 2 aliphatic rings. The quantitative estimate of drug-likeness (QED) is 0.449. The van der Waals surface area contributed by atoms with Gasteiger partial charge < -0.3 is 4.90 Å². The van der Waals surface area contributed by atoms with Gasteiger partial charge in [0.25, 0.3) is 0 Å². The van der Waals surface area contributed by atoms with Gasteiger partial charge in [0.2, 0.25) is 5.91 Å². The molecule has 2 fully saturated rings. The minimum atomic E-state index is -0.520. The number of hydrogen-bond donors (Lipinski definition) is 1. The van der Waals surface area contributed by atoms with Crippen molar-refractivity contribution in [1.82, 2.24) is 24.6 Å². The lowest BCUT2D eigenvalue weighted by atomic mass is 10.0. The molecule has 7 nitrogen and oxygen atoms in total. The van der Waals surface area contributed by atoms with E-state index in [1.165, 1.54) is 10.6 Å². The number of rotatable bonds is 5. The lowest BCUT2D eigenvalue weighted by Gasteiger charge is -2.16. The van der Waals surface area contributed by atoms with Crippen molar-refractivity contribution in [3.63, 3.8) is 0 Å². The third-order valence-electron chi connectivity index (χ3n) is 6.91. The Morgan fingerprint density at radius 1 is 1.11 bits per heavy atom. The molecule has 1 amide bonds. The fourth-order valence-electron chi connectivity index (χ4n) is 4.90. The summed E-state index contributed by atoms with van der Waals surface area (Å²) in [6.07, 6.45) is 4.89. The molecule has 0 spiro atoms. The molecule has 0 radical (unpaired) electrons. The second kappa shape index (κ2) is 8.61. The van der Waals surface area contributed by atoms with Gasteiger partial charge in [-0.2, -0.15) is 5.10 Å². The van der Waals surface area contributed by atoms with Crippen LogP contribution in [-0.4, -0.2) is 43.6 Å². The number of pyridine rings is 1. The number of hydrogen-bond acceptors (Lipinski definition) is 4. The largest absolute Gasteiger partial charge is 0.348 e. The molecule has 1 aliphatic carbocycles. The molecule has 3 heterocycles. The number of likely N-dealkylation sites (tertiary alicyclic amines) is 1. The van der Waals surface area contributed by atoms with Gasteiger partial charge in [0.1, 0.15) is 11.6 Å². The van der Waals surface area contributed by atoms with E-state index in [0.29, 0.717) is 29.4 Å². The molecule has 178 valence electrons. The van der Waals surface area contributed by atoms with E-state index in [4.69, 9.17) is 11.6 Å². The first-order valence-electron chi connectivity index (χ1n) is 11.8. The Morgan fingerprint density at radius 3 is 2.71 bits per heavy atom. The van der Waals surface area contributed by atoms with E-state index in [0.717, 1.165) is 42.3 Å². The summed E-state index contributed by atoms with van der Waals surface area (Å²) in [6, 6.07) is 12.3. The van der Waals surface area contributed by atoms with Crippen molar-refractivity contribution in [3.05, 3.63) is 75.8 Å². The topological polar surface area (TPSA) is 83.9 Å². The molecular formula is C26H23ClFN5O2. The third-order valence-corrected chi connectivity index (χ3v) is 7.12. The summed E-state index contributed by atoms with van der Waals surface area (Å²) in [5.74, 6) is 0.571. The van der Waals surface area contributed by atoms with Crippen molar-refractivity contribution in [2.24, 2.45) is 11.8 Å². The first-order chi connectivity index (χ1) is 17.0. The average Bonchev–Trinajstić information content (AvgIpc) is 3.50. The number of amides is 1. The van der Waals surface area contributed by atoms with Crippen molar-refractivity contribution < 1.29 is 9.18 Å². The zero-order valence-corrected chi connectivity index (χ0v) is 19.6. The van der Waals surface area contributed by atoms with E-state index in [9.17, 15) is 9.59 Å². The second-order valence-corrected chi connectivity index (χ2v) is 9.86. The zero-order chi connectivity index (χ0) is 24.1. The first-order valence-corrected chi connectivity index (χ1v) is 12.1. The van der Waals surface area contributed by atoms with Crippen molar-refractivity contribution in [3.8, 4) is 16.8 Å². The normalized spacial score (nSPS) is 17.9. The molecule has 0 bridgehead atoms.